The molecular formula is C13H17N3O. The predicted octanol–water partition coefficient (Wildman–Crippen LogP) is 1.72. The SMILES string of the molecule is COc1cc(CNCc2ccn(C)c2)ccn1. The van der Waals surface area contributed by atoms with Crippen molar-refractivity contribution in [2.75, 3.05) is 7.11 Å². The van der Waals surface area contributed by atoms with Crippen molar-refractivity contribution in [1.29, 1.82) is 0 Å². The van der Waals surface area contributed by atoms with Crippen LogP contribution in [0, 0.1) is 0 Å². The molecule has 4 nitrogen and oxygen atoms in total. The van der Waals surface area contributed by atoms with E-state index in [2.05, 4.69) is 22.6 Å². The van der Waals surface area contributed by atoms with Crippen molar-refractivity contribution in [3.63, 3.8) is 0 Å². The van der Waals surface area contributed by atoms with E-state index in [1.165, 1.54) is 11.1 Å². The maximum atomic E-state index is 5.08. The normalized spacial score (nSPS) is 10.5. The molecule has 90 valence electrons. The number of rotatable bonds is 5. The highest BCUT2D eigenvalue weighted by Crippen LogP contribution is 2.08. The Morgan fingerprint density at radius 2 is 2.12 bits per heavy atom. The minimum atomic E-state index is 0.656. The summed E-state index contributed by atoms with van der Waals surface area (Å²) in [6.45, 7) is 1.68. The lowest BCUT2D eigenvalue weighted by Gasteiger charge is -2.05. The molecule has 0 bridgehead atoms. The molecule has 2 aromatic rings. The highest BCUT2D eigenvalue weighted by molar-refractivity contribution is 5.20. The standard InChI is InChI=1S/C13H17N3O/c1-16-6-4-12(10-16)9-14-8-11-3-5-15-13(7-11)17-2/h3-7,10,14H,8-9H2,1-2H3. The van der Waals surface area contributed by atoms with Crippen LogP contribution >= 0.6 is 0 Å². The van der Waals surface area contributed by atoms with Crippen LogP contribution in [-0.2, 0) is 20.1 Å². The zero-order valence-corrected chi connectivity index (χ0v) is 10.2. The van der Waals surface area contributed by atoms with E-state index in [9.17, 15) is 0 Å². The van der Waals surface area contributed by atoms with Gasteiger partial charge in [-0.2, -0.15) is 0 Å². The summed E-state index contributed by atoms with van der Waals surface area (Å²) in [4.78, 5) is 4.07. The van der Waals surface area contributed by atoms with Crippen molar-refractivity contribution in [3.8, 4) is 5.88 Å². The average Bonchev–Trinajstić information content (AvgIpc) is 2.75. The molecule has 0 aromatic carbocycles. The van der Waals surface area contributed by atoms with Gasteiger partial charge in [0.2, 0.25) is 5.88 Å². The largest absolute Gasteiger partial charge is 0.481 e. The topological polar surface area (TPSA) is 39.1 Å². The van der Waals surface area contributed by atoms with Crippen LogP contribution in [0.15, 0.2) is 36.8 Å². The molecule has 0 aliphatic heterocycles. The molecule has 1 N–H and O–H groups in total. The number of hydrogen-bond donors (Lipinski definition) is 1. The summed E-state index contributed by atoms with van der Waals surface area (Å²) < 4.78 is 7.13. The third-order valence-electron chi connectivity index (χ3n) is 2.56. The van der Waals surface area contributed by atoms with E-state index in [1.807, 2.05) is 29.9 Å². The van der Waals surface area contributed by atoms with E-state index in [-0.39, 0.29) is 0 Å². The van der Waals surface area contributed by atoms with Gasteiger partial charge in [0.15, 0.2) is 0 Å². The molecule has 0 radical (unpaired) electrons. The van der Waals surface area contributed by atoms with Crippen molar-refractivity contribution in [3.05, 3.63) is 47.9 Å². The zero-order chi connectivity index (χ0) is 12.1. The van der Waals surface area contributed by atoms with Crippen LogP contribution in [0.5, 0.6) is 5.88 Å². The molecule has 0 saturated carbocycles. The van der Waals surface area contributed by atoms with Crippen molar-refractivity contribution < 1.29 is 4.74 Å². The first-order chi connectivity index (χ1) is 8.28. The molecule has 0 amide bonds. The molecule has 4 heteroatoms. The molecule has 0 aliphatic rings. The number of aryl methyl sites for hydroxylation is 1. The van der Waals surface area contributed by atoms with Gasteiger partial charge in [-0.05, 0) is 23.3 Å². The van der Waals surface area contributed by atoms with E-state index >= 15 is 0 Å². The van der Waals surface area contributed by atoms with Gasteiger partial charge in [0.1, 0.15) is 0 Å². The van der Waals surface area contributed by atoms with Crippen LogP contribution in [0.25, 0.3) is 0 Å². The van der Waals surface area contributed by atoms with Gasteiger partial charge in [-0.1, -0.05) is 0 Å². The fraction of sp³-hybridized carbons (Fsp3) is 0.308. The number of aromatic nitrogens is 2. The molecule has 0 saturated heterocycles. The number of methoxy groups -OCH3 is 1. The van der Waals surface area contributed by atoms with Gasteiger partial charge in [0.25, 0.3) is 0 Å². The van der Waals surface area contributed by atoms with Crippen molar-refractivity contribution >= 4 is 0 Å². The molecular weight excluding hydrogens is 214 g/mol. The Hall–Kier alpha value is -1.81. The summed E-state index contributed by atoms with van der Waals surface area (Å²) >= 11 is 0. The lowest BCUT2D eigenvalue weighted by atomic mass is 10.2. The number of nitrogens with zero attached hydrogens (tertiary/aromatic N) is 2. The van der Waals surface area contributed by atoms with E-state index < -0.39 is 0 Å². The van der Waals surface area contributed by atoms with Gasteiger partial charge in [-0.3, -0.25) is 0 Å². The molecule has 0 aliphatic carbocycles. The van der Waals surface area contributed by atoms with Crippen LogP contribution in [0.4, 0.5) is 0 Å². The average molecular weight is 231 g/mol. The summed E-state index contributed by atoms with van der Waals surface area (Å²) in [7, 11) is 3.65. The van der Waals surface area contributed by atoms with Gasteiger partial charge in [-0.15, -0.1) is 0 Å². The molecule has 2 rings (SSSR count). The molecule has 0 unspecified atom stereocenters. The summed E-state index contributed by atoms with van der Waals surface area (Å²) in [6, 6.07) is 6.04. The molecule has 0 spiro atoms. The zero-order valence-electron chi connectivity index (χ0n) is 10.2. The fourth-order valence-electron chi connectivity index (χ4n) is 1.69. The van der Waals surface area contributed by atoms with Gasteiger partial charge >= 0.3 is 0 Å². The Balaban J connectivity index is 1.85. The Bertz CT molecular complexity index is 479. The highest BCUT2D eigenvalue weighted by atomic mass is 16.5. The van der Waals surface area contributed by atoms with Crippen LogP contribution in [0.1, 0.15) is 11.1 Å². The Labute approximate surface area is 101 Å². The monoisotopic (exact) mass is 231 g/mol. The Morgan fingerprint density at radius 1 is 1.29 bits per heavy atom. The fourth-order valence-corrected chi connectivity index (χ4v) is 1.69. The molecule has 2 heterocycles. The van der Waals surface area contributed by atoms with E-state index in [1.54, 1.807) is 13.3 Å². The first-order valence-corrected chi connectivity index (χ1v) is 5.58. The third kappa shape index (κ3) is 3.32. The maximum Gasteiger partial charge on any atom is 0.213 e. The smallest absolute Gasteiger partial charge is 0.213 e. The molecule has 0 fully saturated rings. The minimum absolute atomic E-state index is 0.656. The van der Waals surface area contributed by atoms with Crippen molar-refractivity contribution in [1.82, 2.24) is 14.9 Å². The van der Waals surface area contributed by atoms with Crippen LogP contribution in [0.2, 0.25) is 0 Å². The summed E-state index contributed by atoms with van der Waals surface area (Å²) in [5.41, 5.74) is 2.46. The minimum Gasteiger partial charge on any atom is -0.481 e. The van der Waals surface area contributed by atoms with Crippen LogP contribution < -0.4 is 10.1 Å². The van der Waals surface area contributed by atoms with Gasteiger partial charge in [-0.25, -0.2) is 4.98 Å². The van der Waals surface area contributed by atoms with Gasteiger partial charge < -0.3 is 14.6 Å². The van der Waals surface area contributed by atoms with Crippen LogP contribution in [0.3, 0.4) is 0 Å². The highest BCUT2D eigenvalue weighted by Gasteiger charge is 1.98. The Kier molecular flexibility index (Phi) is 3.77. The second-order valence-electron chi connectivity index (χ2n) is 4.00. The predicted molar refractivity (Wildman–Crippen MR) is 66.7 cm³/mol. The van der Waals surface area contributed by atoms with Gasteiger partial charge in [0, 0.05) is 44.8 Å². The quantitative estimate of drug-likeness (QED) is 0.851. The maximum absolute atomic E-state index is 5.08. The van der Waals surface area contributed by atoms with Gasteiger partial charge in [0.05, 0.1) is 7.11 Å². The number of pyridine rings is 1. The molecule has 17 heavy (non-hydrogen) atoms. The number of ether oxygens (including phenoxy) is 1. The molecule has 0 atom stereocenters. The summed E-state index contributed by atoms with van der Waals surface area (Å²) in [6.07, 6.45) is 5.92. The van der Waals surface area contributed by atoms with Crippen molar-refractivity contribution in [2.24, 2.45) is 7.05 Å². The first kappa shape index (κ1) is 11.7. The Morgan fingerprint density at radius 3 is 2.82 bits per heavy atom. The summed E-state index contributed by atoms with van der Waals surface area (Å²) in [5, 5.41) is 3.39. The third-order valence-corrected chi connectivity index (χ3v) is 2.56. The van der Waals surface area contributed by atoms with Crippen molar-refractivity contribution in [2.45, 2.75) is 13.1 Å². The second kappa shape index (κ2) is 5.50. The molecule has 2 aromatic heterocycles. The second-order valence-corrected chi connectivity index (χ2v) is 4.00. The number of hydrogen-bond acceptors (Lipinski definition) is 3. The lowest BCUT2D eigenvalue weighted by Crippen LogP contribution is -2.12. The van der Waals surface area contributed by atoms with E-state index in [4.69, 9.17) is 4.74 Å². The number of nitrogens with one attached hydrogen (secondary N) is 1. The van der Waals surface area contributed by atoms with E-state index in [0.29, 0.717) is 5.88 Å². The lowest BCUT2D eigenvalue weighted by molar-refractivity contribution is 0.397. The van der Waals surface area contributed by atoms with Crippen LogP contribution in [-0.4, -0.2) is 16.7 Å². The summed E-state index contributed by atoms with van der Waals surface area (Å²) in [5.74, 6) is 0.656. The van der Waals surface area contributed by atoms with E-state index in [0.717, 1.165) is 13.1 Å². The first-order valence-electron chi connectivity index (χ1n) is 5.58.